The maximum atomic E-state index is 11.8. The summed E-state index contributed by atoms with van der Waals surface area (Å²) in [6.07, 6.45) is 3.84. The number of nitrogens with zero attached hydrogens (tertiary/aromatic N) is 2. The molecular weight excluding hydrogens is 426 g/mol. The average Bonchev–Trinajstić information content (AvgIpc) is 3.10. The van der Waals surface area contributed by atoms with Crippen LogP contribution in [0.2, 0.25) is 0 Å². The number of aromatic nitrogens is 2. The number of ether oxygens (including phenoxy) is 2. The summed E-state index contributed by atoms with van der Waals surface area (Å²) in [6, 6.07) is 14.5. The number of benzene rings is 2. The molecule has 182 valence electrons. The number of nitrogens with one attached hydrogen (secondary N) is 1. The van der Waals surface area contributed by atoms with Gasteiger partial charge in [-0.15, -0.1) is 0 Å². The largest absolute Gasteiger partial charge is 0.491 e. The number of fused-ring (bicyclic) bond motifs is 1. The second-order valence-electron chi connectivity index (χ2n) is 10.8. The number of imidazole rings is 1. The molecule has 0 aliphatic heterocycles. The molecule has 1 fully saturated rings. The molecule has 3 aromatic rings. The van der Waals surface area contributed by atoms with Crippen molar-refractivity contribution in [3.8, 4) is 5.75 Å². The molecule has 1 aliphatic rings. The van der Waals surface area contributed by atoms with Crippen molar-refractivity contribution in [2.45, 2.75) is 72.4 Å². The van der Waals surface area contributed by atoms with E-state index in [1.54, 1.807) is 0 Å². The van der Waals surface area contributed by atoms with E-state index in [1.165, 1.54) is 13.5 Å². The topological polar surface area (TPSA) is 65.4 Å². The molecule has 1 N–H and O–H groups in total. The number of anilines is 2. The molecule has 1 aromatic heterocycles. The van der Waals surface area contributed by atoms with Crippen LogP contribution >= 0.6 is 0 Å². The molecule has 1 saturated carbocycles. The van der Waals surface area contributed by atoms with E-state index in [4.69, 9.17) is 14.5 Å². The first-order valence-electron chi connectivity index (χ1n) is 12.2. The van der Waals surface area contributed by atoms with Gasteiger partial charge in [0.05, 0.1) is 30.7 Å². The summed E-state index contributed by atoms with van der Waals surface area (Å²) in [7, 11) is 1.42. The van der Waals surface area contributed by atoms with Gasteiger partial charge in [0.2, 0.25) is 5.95 Å². The van der Waals surface area contributed by atoms with Crippen LogP contribution in [0.25, 0.3) is 11.0 Å². The number of carbonyl (C=O) groups is 1. The summed E-state index contributed by atoms with van der Waals surface area (Å²) in [4.78, 5) is 16.8. The molecule has 0 amide bonds. The number of carbonyl (C=O) groups excluding carboxylic acids is 1. The lowest BCUT2D eigenvalue weighted by molar-refractivity contribution is -0.139. The lowest BCUT2D eigenvalue weighted by Crippen LogP contribution is -2.29. The quantitative estimate of drug-likeness (QED) is 0.396. The molecule has 0 radical (unpaired) electrons. The zero-order chi connectivity index (χ0) is 24.5. The number of esters is 1. The van der Waals surface area contributed by atoms with Gasteiger partial charge in [0.1, 0.15) is 5.75 Å². The minimum atomic E-state index is -0.247. The Hall–Kier alpha value is -3.02. The zero-order valence-corrected chi connectivity index (χ0v) is 21.2. The van der Waals surface area contributed by atoms with Crippen LogP contribution in [0.4, 0.5) is 11.6 Å². The highest BCUT2D eigenvalue weighted by Crippen LogP contribution is 2.46. The van der Waals surface area contributed by atoms with Crippen molar-refractivity contribution in [1.82, 2.24) is 9.55 Å². The number of hydrogen-bond donors (Lipinski definition) is 1. The van der Waals surface area contributed by atoms with Gasteiger partial charge in [-0.1, -0.05) is 26.8 Å². The maximum absolute atomic E-state index is 11.8. The van der Waals surface area contributed by atoms with E-state index in [2.05, 4.69) is 36.7 Å². The third kappa shape index (κ3) is 5.54. The van der Waals surface area contributed by atoms with Gasteiger partial charge in [-0.05, 0) is 86.4 Å². The maximum Gasteiger partial charge on any atom is 0.309 e. The minimum absolute atomic E-state index is 0.138. The molecule has 0 spiro atoms. The molecule has 6 nitrogen and oxygen atoms in total. The van der Waals surface area contributed by atoms with Crippen molar-refractivity contribution in [3.05, 3.63) is 48.0 Å². The SMILES string of the molecule is COC(=O)Cc1ccc2c(c1)nc(Nc1ccc(OC(C)C)cc1)n2[C@H]1C[C@@H](C)CC(C)(C)C1. The van der Waals surface area contributed by atoms with Crippen molar-refractivity contribution in [2.75, 3.05) is 12.4 Å². The van der Waals surface area contributed by atoms with Crippen LogP contribution in [0.5, 0.6) is 5.75 Å². The van der Waals surface area contributed by atoms with Gasteiger partial charge in [-0.25, -0.2) is 4.98 Å². The van der Waals surface area contributed by atoms with Gasteiger partial charge >= 0.3 is 5.97 Å². The summed E-state index contributed by atoms with van der Waals surface area (Å²) in [5.41, 5.74) is 4.12. The number of hydrogen-bond acceptors (Lipinski definition) is 5. The molecule has 4 rings (SSSR count). The number of rotatable bonds is 7. The highest BCUT2D eigenvalue weighted by Gasteiger charge is 2.34. The third-order valence-electron chi connectivity index (χ3n) is 6.54. The summed E-state index contributed by atoms with van der Waals surface area (Å²) in [5.74, 6) is 2.08. The lowest BCUT2D eigenvalue weighted by atomic mass is 9.70. The number of methoxy groups -OCH3 is 1. The Morgan fingerprint density at radius 1 is 1.18 bits per heavy atom. The van der Waals surface area contributed by atoms with E-state index in [0.717, 1.165) is 46.8 Å². The average molecular weight is 464 g/mol. The lowest BCUT2D eigenvalue weighted by Gasteiger charge is -2.40. The Labute approximate surface area is 202 Å². The van der Waals surface area contributed by atoms with Crippen molar-refractivity contribution in [1.29, 1.82) is 0 Å². The fourth-order valence-corrected chi connectivity index (χ4v) is 5.46. The first-order valence-corrected chi connectivity index (χ1v) is 12.2. The second-order valence-corrected chi connectivity index (χ2v) is 10.8. The van der Waals surface area contributed by atoms with E-state index < -0.39 is 0 Å². The summed E-state index contributed by atoms with van der Waals surface area (Å²) >= 11 is 0. The molecule has 34 heavy (non-hydrogen) atoms. The van der Waals surface area contributed by atoms with Crippen LogP contribution in [-0.4, -0.2) is 28.7 Å². The Kier molecular flexibility index (Phi) is 6.87. The molecular formula is C28H37N3O3. The standard InChI is InChI=1S/C28H37N3O3/c1-18(2)34-23-10-8-21(9-11-23)29-27-30-24-14-20(15-26(32)33-6)7-12-25(24)31(27)22-13-19(3)16-28(4,5)17-22/h7-12,14,18-19,22H,13,15-17H2,1-6H3,(H,29,30)/t19-,22+/m1/s1. The molecule has 1 aliphatic carbocycles. The summed E-state index contributed by atoms with van der Waals surface area (Å²) < 4.78 is 13.0. The Morgan fingerprint density at radius 2 is 1.91 bits per heavy atom. The van der Waals surface area contributed by atoms with Crippen molar-refractivity contribution < 1.29 is 14.3 Å². The van der Waals surface area contributed by atoms with E-state index >= 15 is 0 Å². The van der Waals surface area contributed by atoms with Gasteiger partial charge < -0.3 is 19.4 Å². The monoisotopic (exact) mass is 463 g/mol. The van der Waals surface area contributed by atoms with Crippen LogP contribution in [0.15, 0.2) is 42.5 Å². The molecule has 0 unspecified atom stereocenters. The van der Waals surface area contributed by atoms with Crippen LogP contribution in [0.3, 0.4) is 0 Å². The Bertz CT molecular complexity index is 1150. The highest BCUT2D eigenvalue weighted by molar-refractivity contribution is 5.82. The first-order chi connectivity index (χ1) is 16.1. The Balaban J connectivity index is 1.72. The van der Waals surface area contributed by atoms with Crippen LogP contribution in [0, 0.1) is 11.3 Å². The molecule has 1 heterocycles. The highest BCUT2D eigenvalue weighted by atomic mass is 16.5. The Morgan fingerprint density at radius 3 is 2.56 bits per heavy atom. The predicted molar refractivity (Wildman–Crippen MR) is 137 cm³/mol. The molecule has 0 saturated heterocycles. The van der Waals surface area contributed by atoms with E-state index in [0.29, 0.717) is 12.0 Å². The van der Waals surface area contributed by atoms with Gasteiger partial charge in [-0.2, -0.15) is 0 Å². The van der Waals surface area contributed by atoms with E-state index in [9.17, 15) is 4.79 Å². The minimum Gasteiger partial charge on any atom is -0.491 e. The molecule has 2 aromatic carbocycles. The molecule has 6 heteroatoms. The fourth-order valence-electron chi connectivity index (χ4n) is 5.46. The van der Waals surface area contributed by atoms with Crippen LogP contribution in [0.1, 0.15) is 65.5 Å². The second kappa shape index (κ2) is 9.69. The molecule has 2 atom stereocenters. The summed E-state index contributed by atoms with van der Waals surface area (Å²) in [6.45, 7) is 11.1. The van der Waals surface area contributed by atoms with Crippen molar-refractivity contribution in [3.63, 3.8) is 0 Å². The van der Waals surface area contributed by atoms with Crippen LogP contribution < -0.4 is 10.1 Å². The van der Waals surface area contributed by atoms with E-state index in [-0.39, 0.29) is 23.9 Å². The van der Waals surface area contributed by atoms with Crippen molar-refractivity contribution >= 4 is 28.6 Å². The van der Waals surface area contributed by atoms with Gasteiger partial charge in [0.15, 0.2) is 0 Å². The van der Waals surface area contributed by atoms with Gasteiger partial charge in [0, 0.05) is 11.7 Å². The molecule has 0 bridgehead atoms. The zero-order valence-electron chi connectivity index (χ0n) is 21.2. The van der Waals surface area contributed by atoms with Crippen LogP contribution in [-0.2, 0) is 16.0 Å². The third-order valence-corrected chi connectivity index (χ3v) is 6.54. The van der Waals surface area contributed by atoms with E-state index in [1.807, 2.05) is 50.2 Å². The smallest absolute Gasteiger partial charge is 0.309 e. The summed E-state index contributed by atoms with van der Waals surface area (Å²) in [5, 5.41) is 3.56. The van der Waals surface area contributed by atoms with Gasteiger partial charge in [0.25, 0.3) is 0 Å². The first kappa shape index (κ1) is 24.1. The predicted octanol–water partition coefficient (Wildman–Crippen LogP) is 6.67. The normalized spacial score (nSPS) is 19.9. The van der Waals surface area contributed by atoms with Crippen molar-refractivity contribution in [2.24, 2.45) is 11.3 Å². The fraction of sp³-hybridized carbons (Fsp3) is 0.500. The van der Waals surface area contributed by atoms with Gasteiger partial charge in [-0.3, -0.25) is 4.79 Å².